The number of nitrogens with two attached hydrogens (primary N) is 2. The maximum Gasteiger partial charge on any atom is 0.307 e. The Hall–Kier alpha value is -2.03. The van der Waals surface area contributed by atoms with E-state index in [0.29, 0.717) is 18.8 Å². The third-order valence-corrected chi connectivity index (χ3v) is 6.43. The second-order valence-electron chi connectivity index (χ2n) is 10.1. The largest absolute Gasteiger partial charge is 0.469 e. The van der Waals surface area contributed by atoms with Crippen molar-refractivity contribution in [2.45, 2.75) is 96.8 Å². The topological polar surface area (TPSA) is 128 Å². The fraction of sp³-hybridized carbons (Fsp3) is 0.621. The molecular formula is C29H48N2O5. The summed E-state index contributed by atoms with van der Waals surface area (Å²) in [6, 6.07) is -0.733. The molecule has 0 unspecified atom stereocenters. The number of esters is 1. The van der Waals surface area contributed by atoms with Gasteiger partial charge in [-0.1, -0.05) is 73.6 Å². The number of aliphatic hydroxyl groups is 2. The lowest BCUT2D eigenvalue weighted by atomic mass is 9.88. The van der Waals surface area contributed by atoms with Crippen molar-refractivity contribution in [1.29, 1.82) is 0 Å². The quantitative estimate of drug-likeness (QED) is 0.171. The first kappa shape index (κ1) is 32.0. The van der Waals surface area contributed by atoms with Crippen LogP contribution in [0.1, 0.15) is 60.3 Å². The van der Waals surface area contributed by atoms with Gasteiger partial charge in [-0.05, 0) is 39.5 Å². The molecule has 0 saturated carbocycles. The van der Waals surface area contributed by atoms with Crippen LogP contribution in [0.25, 0.3) is 0 Å². The minimum Gasteiger partial charge on any atom is -0.469 e. The van der Waals surface area contributed by atoms with Gasteiger partial charge in [-0.2, -0.15) is 0 Å². The molecule has 0 amide bonds. The summed E-state index contributed by atoms with van der Waals surface area (Å²) in [5.41, 5.74) is 14.5. The lowest BCUT2D eigenvalue weighted by Gasteiger charge is -2.38. The first-order chi connectivity index (χ1) is 17.0. The summed E-state index contributed by atoms with van der Waals surface area (Å²) in [5, 5.41) is 20.5. The maximum absolute atomic E-state index is 11.3. The van der Waals surface area contributed by atoms with Crippen LogP contribution in [0.5, 0.6) is 0 Å². The van der Waals surface area contributed by atoms with E-state index in [1.54, 1.807) is 6.08 Å². The van der Waals surface area contributed by atoms with Gasteiger partial charge in [0.25, 0.3) is 0 Å². The first-order valence-corrected chi connectivity index (χ1v) is 12.9. The Morgan fingerprint density at radius 1 is 1.22 bits per heavy atom. The molecule has 1 aliphatic heterocycles. The zero-order valence-corrected chi connectivity index (χ0v) is 22.8. The summed E-state index contributed by atoms with van der Waals surface area (Å²) in [6.07, 6.45) is 15.9. The minimum atomic E-state index is -0.718. The van der Waals surface area contributed by atoms with E-state index in [9.17, 15) is 15.0 Å². The highest BCUT2D eigenvalue weighted by atomic mass is 16.5. The van der Waals surface area contributed by atoms with Gasteiger partial charge < -0.3 is 31.2 Å². The fourth-order valence-corrected chi connectivity index (χ4v) is 4.35. The summed E-state index contributed by atoms with van der Waals surface area (Å²) >= 11 is 0. The molecule has 0 spiro atoms. The first-order valence-electron chi connectivity index (χ1n) is 12.9. The van der Waals surface area contributed by atoms with Crippen molar-refractivity contribution >= 4 is 5.97 Å². The molecular weight excluding hydrogens is 456 g/mol. The fourth-order valence-electron chi connectivity index (χ4n) is 4.35. The summed E-state index contributed by atoms with van der Waals surface area (Å²) in [5.74, 6) is -0.0137. The molecule has 1 saturated heterocycles. The molecule has 0 radical (unpaired) electrons. The SMILES string of the molecule is C/C=C/[C@@H]1O[C@H]([C@H](N)/C=C/C=C(\C)C[C@@H](C)/C=C(C)\C=C\[C@H](O)C[C@H](N)CC(=O)OC)C[C@@H](O)[C@@H]1C. The van der Waals surface area contributed by atoms with Crippen molar-refractivity contribution in [1.82, 2.24) is 0 Å². The van der Waals surface area contributed by atoms with Crippen LogP contribution in [0.4, 0.5) is 0 Å². The van der Waals surface area contributed by atoms with Crippen LogP contribution in [0.3, 0.4) is 0 Å². The molecule has 0 aromatic heterocycles. The molecule has 1 fully saturated rings. The Balaban J connectivity index is 2.56. The van der Waals surface area contributed by atoms with Crippen LogP contribution in [0.15, 0.2) is 59.8 Å². The Labute approximate surface area is 217 Å². The molecule has 8 atom stereocenters. The number of allylic oxidation sites excluding steroid dienone is 7. The van der Waals surface area contributed by atoms with Gasteiger partial charge in [-0.25, -0.2) is 0 Å². The second-order valence-corrected chi connectivity index (χ2v) is 10.1. The predicted molar refractivity (Wildman–Crippen MR) is 146 cm³/mol. The van der Waals surface area contributed by atoms with E-state index < -0.39 is 18.2 Å². The van der Waals surface area contributed by atoms with Crippen molar-refractivity contribution in [2.24, 2.45) is 23.3 Å². The second kappa shape index (κ2) is 16.7. The van der Waals surface area contributed by atoms with E-state index in [0.717, 1.165) is 12.0 Å². The highest BCUT2D eigenvalue weighted by molar-refractivity contribution is 5.69. The van der Waals surface area contributed by atoms with Gasteiger partial charge in [-0.3, -0.25) is 4.79 Å². The number of hydrogen-bond donors (Lipinski definition) is 4. The number of ether oxygens (including phenoxy) is 2. The van der Waals surface area contributed by atoms with Crippen molar-refractivity contribution in [2.75, 3.05) is 7.11 Å². The van der Waals surface area contributed by atoms with Crippen molar-refractivity contribution in [3.8, 4) is 0 Å². The van der Waals surface area contributed by atoms with E-state index in [1.165, 1.54) is 12.7 Å². The Kier molecular flexibility index (Phi) is 14.8. The lowest BCUT2D eigenvalue weighted by Crippen LogP contribution is -2.48. The highest BCUT2D eigenvalue weighted by Gasteiger charge is 2.35. The average molecular weight is 505 g/mol. The summed E-state index contributed by atoms with van der Waals surface area (Å²) in [7, 11) is 1.32. The van der Waals surface area contributed by atoms with E-state index in [-0.39, 0.29) is 36.6 Å². The third kappa shape index (κ3) is 12.3. The summed E-state index contributed by atoms with van der Waals surface area (Å²) in [6.45, 7) is 10.2. The van der Waals surface area contributed by atoms with Gasteiger partial charge in [0.2, 0.25) is 0 Å². The molecule has 7 heteroatoms. The van der Waals surface area contributed by atoms with Gasteiger partial charge in [0.05, 0.1) is 37.9 Å². The van der Waals surface area contributed by atoms with Crippen LogP contribution < -0.4 is 11.5 Å². The van der Waals surface area contributed by atoms with Crippen LogP contribution >= 0.6 is 0 Å². The number of carbonyl (C=O) groups excluding carboxylic acids is 1. The van der Waals surface area contributed by atoms with E-state index in [2.05, 4.69) is 30.7 Å². The van der Waals surface area contributed by atoms with Crippen molar-refractivity contribution in [3.05, 3.63) is 59.8 Å². The van der Waals surface area contributed by atoms with Crippen molar-refractivity contribution < 1.29 is 24.5 Å². The number of carbonyl (C=O) groups is 1. The van der Waals surface area contributed by atoms with Gasteiger partial charge in [0.1, 0.15) is 0 Å². The average Bonchev–Trinajstić information content (AvgIpc) is 2.80. The smallest absolute Gasteiger partial charge is 0.307 e. The van der Waals surface area contributed by atoms with Gasteiger partial charge in [0.15, 0.2) is 0 Å². The lowest BCUT2D eigenvalue weighted by molar-refractivity contribution is -0.141. The zero-order chi connectivity index (χ0) is 27.3. The molecule has 36 heavy (non-hydrogen) atoms. The highest BCUT2D eigenvalue weighted by Crippen LogP contribution is 2.28. The minimum absolute atomic E-state index is 0.0519. The summed E-state index contributed by atoms with van der Waals surface area (Å²) in [4.78, 5) is 11.3. The van der Waals surface area contributed by atoms with Crippen LogP contribution in [0.2, 0.25) is 0 Å². The normalized spacial score (nSPS) is 27.5. The molecule has 0 aromatic rings. The Morgan fingerprint density at radius 2 is 1.92 bits per heavy atom. The molecule has 0 aromatic carbocycles. The van der Waals surface area contributed by atoms with E-state index >= 15 is 0 Å². The molecule has 0 bridgehead atoms. The number of hydrogen-bond acceptors (Lipinski definition) is 7. The van der Waals surface area contributed by atoms with Gasteiger partial charge in [-0.15, -0.1) is 0 Å². The number of aliphatic hydroxyl groups excluding tert-OH is 2. The monoisotopic (exact) mass is 504 g/mol. The van der Waals surface area contributed by atoms with Crippen molar-refractivity contribution in [3.63, 3.8) is 0 Å². The summed E-state index contributed by atoms with van der Waals surface area (Å²) < 4.78 is 10.7. The van der Waals surface area contributed by atoms with Crippen LogP contribution in [-0.4, -0.2) is 59.8 Å². The predicted octanol–water partition coefficient (Wildman–Crippen LogP) is 3.72. The molecule has 204 valence electrons. The van der Waals surface area contributed by atoms with Crippen LogP contribution in [0, 0.1) is 11.8 Å². The van der Waals surface area contributed by atoms with E-state index in [1.807, 2.05) is 51.2 Å². The Bertz CT molecular complexity index is 816. The maximum atomic E-state index is 11.3. The van der Waals surface area contributed by atoms with E-state index in [4.69, 9.17) is 16.2 Å². The molecule has 7 nitrogen and oxygen atoms in total. The standard InChI is InChI=1S/C29H48N2O5/c1-7-9-27-22(5)26(33)18-28(36-27)25(31)11-8-10-19(2)14-21(4)15-20(3)12-13-24(32)16-23(30)17-29(34)35-6/h7-13,15,21-28,32-33H,14,16-18,30-31H2,1-6H3/b9-7+,11-8+,13-12+,19-10+,20-15-/t21-,22+,23+,24+,25-,26-,27+,28+/m1/s1. The Morgan fingerprint density at radius 3 is 2.56 bits per heavy atom. The molecule has 1 heterocycles. The molecule has 1 aliphatic rings. The number of methoxy groups -OCH3 is 1. The third-order valence-electron chi connectivity index (χ3n) is 6.43. The zero-order valence-electron chi connectivity index (χ0n) is 22.8. The van der Waals surface area contributed by atoms with Gasteiger partial charge in [0, 0.05) is 24.4 Å². The molecule has 6 N–H and O–H groups in total. The van der Waals surface area contributed by atoms with Gasteiger partial charge >= 0.3 is 5.97 Å². The van der Waals surface area contributed by atoms with Crippen LogP contribution in [-0.2, 0) is 14.3 Å². The number of rotatable bonds is 13. The molecule has 0 aliphatic carbocycles. The molecule has 1 rings (SSSR count).